The number of benzene rings is 1. The zero-order valence-electron chi connectivity index (χ0n) is 18.6. The van der Waals surface area contributed by atoms with E-state index in [4.69, 9.17) is 9.47 Å². The van der Waals surface area contributed by atoms with Gasteiger partial charge in [-0.2, -0.15) is 0 Å². The van der Waals surface area contributed by atoms with E-state index in [0.29, 0.717) is 25.6 Å². The van der Waals surface area contributed by atoms with E-state index in [1.807, 2.05) is 4.90 Å². The molecule has 0 bridgehead atoms. The predicted octanol–water partition coefficient (Wildman–Crippen LogP) is 2.67. The van der Waals surface area contributed by atoms with Gasteiger partial charge in [0.05, 0.1) is 12.6 Å². The van der Waals surface area contributed by atoms with Crippen molar-refractivity contribution in [3.63, 3.8) is 0 Å². The number of ether oxygens (including phenoxy) is 2. The lowest BCUT2D eigenvalue weighted by atomic mass is 9.95. The van der Waals surface area contributed by atoms with Gasteiger partial charge in [-0.1, -0.05) is 24.3 Å². The summed E-state index contributed by atoms with van der Waals surface area (Å²) in [5.41, 5.74) is 2.74. The molecule has 3 saturated heterocycles. The van der Waals surface area contributed by atoms with Crippen molar-refractivity contribution in [2.24, 2.45) is 5.92 Å². The number of likely N-dealkylation sites (tertiary alicyclic amines) is 1. The molecule has 1 atom stereocenters. The van der Waals surface area contributed by atoms with Crippen molar-refractivity contribution >= 4 is 12.0 Å². The Morgan fingerprint density at radius 2 is 1.90 bits per heavy atom. The highest BCUT2D eigenvalue weighted by Crippen LogP contribution is 2.23. The Morgan fingerprint density at radius 1 is 1.10 bits per heavy atom. The summed E-state index contributed by atoms with van der Waals surface area (Å²) in [6.45, 7) is 8.42. The number of hydrogen-bond donors (Lipinski definition) is 0. The molecule has 4 rings (SSSR count). The Kier molecular flexibility index (Phi) is 7.45. The number of nitrogens with zero attached hydrogens (tertiary/aromatic N) is 3. The summed E-state index contributed by atoms with van der Waals surface area (Å²) in [6, 6.07) is 8.59. The second kappa shape index (κ2) is 10.5. The van der Waals surface area contributed by atoms with Gasteiger partial charge >= 0.3 is 6.09 Å². The molecule has 0 N–H and O–H groups in total. The fraction of sp³-hybridized carbons (Fsp3) is 0.667. The minimum absolute atomic E-state index is 0.0108. The molecule has 0 saturated carbocycles. The first-order valence-corrected chi connectivity index (χ1v) is 11.7. The van der Waals surface area contributed by atoms with Gasteiger partial charge in [-0.15, -0.1) is 0 Å². The number of carbonyl (C=O) groups excluding carboxylic acids is 2. The van der Waals surface area contributed by atoms with Gasteiger partial charge in [-0.25, -0.2) is 4.79 Å². The molecule has 7 heteroatoms. The highest BCUT2D eigenvalue weighted by molar-refractivity contribution is 5.83. The Labute approximate surface area is 185 Å². The molecule has 3 fully saturated rings. The maximum atomic E-state index is 13.1. The molecule has 170 valence electrons. The van der Waals surface area contributed by atoms with Crippen LogP contribution < -0.4 is 0 Å². The lowest BCUT2D eigenvalue weighted by molar-refractivity contribution is -0.134. The zero-order valence-corrected chi connectivity index (χ0v) is 18.6. The lowest BCUT2D eigenvalue weighted by Crippen LogP contribution is -2.47. The van der Waals surface area contributed by atoms with Crippen molar-refractivity contribution in [3.8, 4) is 0 Å². The largest absolute Gasteiger partial charge is 0.448 e. The molecule has 7 nitrogen and oxygen atoms in total. The minimum atomic E-state index is -0.380. The number of amides is 2. The average molecular weight is 430 g/mol. The fourth-order valence-corrected chi connectivity index (χ4v) is 4.81. The van der Waals surface area contributed by atoms with Crippen molar-refractivity contribution < 1.29 is 19.1 Å². The van der Waals surface area contributed by atoms with Crippen LogP contribution in [0.15, 0.2) is 24.3 Å². The molecule has 0 aromatic heterocycles. The van der Waals surface area contributed by atoms with Gasteiger partial charge in [0, 0.05) is 26.2 Å². The first-order valence-electron chi connectivity index (χ1n) is 11.7. The van der Waals surface area contributed by atoms with Crippen LogP contribution in [0.1, 0.15) is 36.8 Å². The second-order valence-corrected chi connectivity index (χ2v) is 9.12. The Morgan fingerprint density at radius 3 is 2.58 bits per heavy atom. The summed E-state index contributed by atoms with van der Waals surface area (Å²) in [4.78, 5) is 30.8. The van der Waals surface area contributed by atoms with Crippen molar-refractivity contribution in [2.45, 2.75) is 45.3 Å². The summed E-state index contributed by atoms with van der Waals surface area (Å²) in [7, 11) is 0. The first-order chi connectivity index (χ1) is 15.1. The third kappa shape index (κ3) is 5.98. The number of hydrogen-bond acceptors (Lipinski definition) is 5. The lowest BCUT2D eigenvalue weighted by Gasteiger charge is -2.36. The van der Waals surface area contributed by atoms with Gasteiger partial charge in [0.15, 0.2) is 0 Å². The normalized spacial score (nSPS) is 22.7. The highest BCUT2D eigenvalue weighted by atomic mass is 16.6. The summed E-state index contributed by atoms with van der Waals surface area (Å²) in [5.74, 6) is 0.501. The quantitative estimate of drug-likeness (QED) is 0.636. The molecule has 0 spiro atoms. The Bertz CT molecular complexity index is 757. The number of rotatable bonds is 8. The smallest absolute Gasteiger partial charge is 0.410 e. The van der Waals surface area contributed by atoms with E-state index in [-0.39, 0.29) is 24.6 Å². The van der Waals surface area contributed by atoms with E-state index in [0.717, 1.165) is 58.5 Å². The van der Waals surface area contributed by atoms with Gasteiger partial charge in [-0.3, -0.25) is 14.6 Å². The van der Waals surface area contributed by atoms with Crippen LogP contribution in [0.4, 0.5) is 4.79 Å². The summed E-state index contributed by atoms with van der Waals surface area (Å²) in [5, 5.41) is 0. The first kappa shape index (κ1) is 22.1. The van der Waals surface area contributed by atoms with E-state index in [2.05, 4.69) is 36.1 Å². The van der Waals surface area contributed by atoms with Crippen LogP contribution in [0.25, 0.3) is 0 Å². The predicted molar refractivity (Wildman–Crippen MR) is 118 cm³/mol. The maximum Gasteiger partial charge on any atom is 0.410 e. The van der Waals surface area contributed by atoms with E-state index >= 15 is 0 Å². The van der Waals surface area contributed by atoms with E-state index in [1.54, 1.807) is 0 Å². The monoisotopic (exact) mass is 429 g/mol. The van der Waals surface area contributed by atoms with Gasteiger partial charge in [0.2, 0.25) is 5.91 Å². The molecule has 1 unspecified atom stereocenters. The molecule has 2 amide bonds. The molecule has 3 aliphatic heterocycles. The summed E-state index contributed by atoms with van der Waals surface area (Å²) >= 11 is 0. The van der Waals surface area contributed by atoms with Crippen LogP contribution in [-0.2, 0) is 20.8 Å². The van der Waals surface area contributed by atoms with Gasteiger partial charge in [-0.05, 0) is 62.7 Å². The topological polar surface area (TPSA) is 62.3 Å². The van der Waals surface area contributed by atoms with E-state index < -0.39 is 0 Å². The van der Waals surface area contributed by atoms with Crippen LogP contribution in [0.2, 0.25) is 0 Å². The number of piperidine rings is 1. The number of cyclic esters (lactones) is 1. The maximum absolute atomic E-state index is 13.1. The molecule has 31 heavy (non-hydrogen) atoms. The molecular formula is C24H35N3O4. The Balaban J connectivity index is 1.30. The SMILES string of the molecule is Cc1ccccc1CN1CCC(CN(CC2CCCO2)C(=O)CN2CCOC2=O)CC1. The third-order valence-corrected chi connectivity index (χ3v) is 6.81. The van der Waals surface area contributed by atoms with E-state index in [9.17, 15) is 9.59 Å². The third-order valence-electron chi connectivity index (χ3n) is 6.81. The van der Waals surface area contributed by atoms with E-state index in [1.165, 1.54) is 16.0 Å². The highest BCUT2D eigenvalue weighted by Gasteiger charge is 2.30. The van der Waals surface area contributed by atoms with Gasteiger partial charge in [0.25, 0.3) is 0 Å². The van der Waals surface area contributed by atoms with Gasteiger partial charge in [0.1, 0.15) is 13.2 Å². The van der Waals surface area contributed by atoms with Crippen LogP contribution in [0, 0.1) is 12.8 Å². The fourth-order valence-electron chi connectivity index (χ4n) is 4.81. The number of carbonyl (C=O) groups is 2. The molecule has 0 aliphatic carbocycles. The standard InChI is InChI=1S/C24H35N3O4/c1-19-5-2-3-6-21(19)16-25-10-8-20(9-11-25)15-27(17-22-7-4-13-30-22)23(28)18-26-12-14-31-24(26)29/h2-3,5-6,20,22H,4,7-18H2,1H3. The summed E-state index contributed by atoms with van der Waals surface area (Å²) in [6.07, 6.45) is 3.98. The van der Waals surface area contributed by atoms with Crippen molar-refractivity contribution in [1.29, 1.82) is 0 Å². The zero-order chi connectivity index (χ0) is 21.6. The van der Waals surface area contributed by atoms with Gasteiger partial charge < -0.3 is 14.4 Å². The molecule has 1 aromatic carbocycles. The summed E-state index contributed by atoms with van der Waals surface area (Å²) < 4.78 is 10.8. The van der Waals surface area contributed by atoms with Crippen molar-refractivity contribution in [1.82, 2.24) is 14.7 Å². The van der Waals surface area contributed by atoms with Crippen LogP contribution in [-0.4, -0.2) is 85.3 Å². The molecule has 0 radical (unpaired) electrons. The molecule has 1 aromatic rings. The second-order valence-electron chi connectivity index (χ2n) is 9.12. The van der Waals surface area contributed by atoms with Crippen LogP contribution in [0.3, 0.4) is 0 Å². The minimum Gasteiger partial charge on any atom is -0.448 e. The molecular weight excluding hydrogens is 394 g/mol. The molecule has 3 heterocycles. The van der Waals surface area contributed by atoms with Crippen molar-refractivity contribution in [3.05, 3.63) is 35.4 Å². The Hall–Kier alpha value is -2.12. The van der Waals surface area contributed by atoms with Crippen LogP contribution >= 0.6 is 0 Å². The van der Waals surface area contributed by atoms with Crippen LogP contribution in [0.5, 0.6) is 0 Å². The average Bonchev–Trinajstić information content (AvgIpc) is 3.42. The number of aryl methyl sites for hydroxylation is 1. The molecule has 3 aliphatic rings. The van der Waals surface area contributed by atoms with Crippen molar-refractivity contribution in [2.75, 3.05) is 52.5 Å².